The fraction of sp³-hybridized carbons (Fsp3) is 0.391. The van der Waals surface area contributed by atoms with Gasteiger partial charge in [0, 0.05) is 5.54 Å². The zero-order chi connectivity index (χ0) is 20.6. The number of halogens is 1. The molecule has 0 unspecified atom stereocenters. The Morgan fingerprint density at radius 1 is 1.10 bits per heavy atom. The lowest BCUT2D eigenvalue weighted by Crippen LogP contribution is -2.54. The Bertz CT molecular complexity index is 959. The van der Waals surface area contributed by atoms with Gasteiger partial charge in [0.05, 0.1) is 29.4 Å². The summed E-state index contributed by atoms with van der Waals surface area (Å²) in [5, 5.41) is 12.1. The molecule has 2 aliphatic rings. The number of anilines is 1. The number of amides is 2. The number of hydrogen-bond acceptors (Lipinski definition) is 3. The van der Waals surface area contributed by atoms with Crippen LogP contribution in [0.25, 0.3) is 0 Å². The highest BCUT2D eigenvalue weighted by Gasteiger charge is 2.50. The van der Waals surface area contributed by atoms with Crippen LogP contribution in [0, 0.1) is 17.1 Å². The van der Waals surface area contributed by atoms with E-state index >= 15 is 0 Å². The Kier molecular flexibility index (Phi) is 4.79. The van der Waals surface area contributed by atoms with E-state index in [0.29, 0.717) is 6.54 Å². The molecule has 2 fully saturated rings. The average molecular weight is 392 g/mol. The van der Waals surface area contributed by atoms with Gasteiger partial charge in [-0.1, -0.05) is 30.3 Å². The third-order valence-electron chi connectivity index (χ3n) is 6.65. The van der Waals surface area contributed by atoms with E-state index in [-0.39, 0.29) is 28.4 Å². The van der Waals surface area contributed by atoms with E-state index in [1.54, 1.807) is 6.07 Å². The molecule has 1 heterocycles. The molecule has 5 nitrogen and oxygen atoms in total. The van der Waals surface area contributed by atoms with Gasteiger partial charge in [0.15, 0.2) is 0 Å². The van der Waals surface area contributed by atoms with Gasteiger partial charge in [-0.3, -0.25) is 9.80 Å². The molecule has 2 aromatic rings. The predicted molar refractivity (Wildman–Crippen MR) is 110 cm³/mol. The van der Waals surface area contributed by atoms with Gasteiger partial charge in [0.25, 0.3) is 0 Å². The van der Waals surface area contributed by atoms with E-state index in [1.807, 2.05) is 12.1 Å². The minimum absolute atomic E-state index is 0.0651. The highest BCUT2D eigenvalue weighted by Crippen LogP contribution is 2.46. The van der Waals surface area contributed by atoms with Crippen LogP contribution in [-0.4, -0.2) is 37.1 Å². The van der Waals surface area contributed by atoms with E-state index in [2.05, 4.69) is 48.6 Å². The number of benzene rings is 2. The van der Waals surface area contributed by atoms with Crippen molar-refractivity contribution in [3.05, 3.63) is 65.5 Å². The van der Waals surface area contributed by atoms with E-state index in [9.17, 15) is 9.18 Å². The molecule has 1 aliphatic carbocycles. The maximum absolute atomic E-state index is 14.5. The van der Waals surface area contributed by atoms with E-state index in [1.165, 1.54) is 22.6 Å². The fourth-order valence-corrected chi connectivity index (χ4v) is 4.87. The molecule has 29 heavy (non-hydrogen) atoms. The number of rotatable bonds is 3. The van der Waals surface area contributed by atoms with Crippen molar-refractivity contribution < 1.29 is 9.18 Å². The highest BCUT2D eigenvalue weighted by molar-refractivity contribution is 5.95. The molecule has 2 aromatic carbocycles. The molecule has 0 radical (unpaired) electrons. The van der Waals surface area contributed by atoms with Gasteiger partial charge in [-0.2, -0.15) is 5.26 Å². The van der Waals surface area contributed by atoms with Crippen LogP contribution in [0.4, 0.5) is 14.9 Å². The minimum atomic E-state index is -0.543. The van der Waals surface area contributed by atoms with Crippen molar-refractivity contribution in [3.63, 3.8) is 0 Å². The monoisotopic (exact) mass is 392 g/mol. The number of carbonyl (C=O) groups excluding carboxylic acids is 1. The molecular weight excluding hydrogens is 367 g/mol. The number of carbonyl (C=O) groups is 1. The first-order valence-corrected chi connectivity index (χ1v) is 9.91. The summed E-state index contributed by atoms with van der Waals surface area (Å²) in [6, 6.07) is 16.4. The average Bonchev–Trinajstić information content (AvgIpc) is 3.04. The molecule has 0 bridgehead atoms. The molecule has 6 heteroatoms. The van der Waals surface area contributed by atoms with Gasteiger partial charge in [0.1, 0.15) is 5.82 Å². The molecule has 1 saturated carbocycles. The van der Waals surface area contributed by atoms with Crippen molar-refractivity contribution in [2.45, 2.75) is 36.8 Å². The Morgan fingerprint density at radius 3 is 2.38 bits per heavy atom. The van der Waals surface area contributed by atoms with Gasteiger partial charge in [0.2, 0.25) is 0 Å². The Balaban J connectivity index is 1.56. The summed E-state index contributed by atoms with van der Waals surface area (Å²) in [6.45, 7) is 0.437. The topological polar surface area (TPSA) is 59.4 Å². The molecular formula is C23H25FN4O. The summed E-state index contributed by atoms with van der Waals surface area (Å²) >= 11 is 0. The van der Waals surface area contributed by atoms with Crippen LogP contribution in [0.5, 0.6) is 0 Å². The smallest absolute Gasteiger partial charge is 0.322 e. The summed E-state index contributed by atoms with van der Waals surface area (Å²) in [5.41, 5.74) is 1.35. The third kappa shape index (κ3) is 3.26. The fourth-order valence-electron chi connectivity index (χ4n) is 4.87. The van der Waals surface area contributed by atoms with E-state index in [0.717, 1.165) is 25.7 Å². The number of nitrogens with zero attached hydrogens (tertiary/aromatic N) is 3. The summed E-state index contributed by atoms with van der Waals surface area (Å²) in [7, 11) is 4.22. The van der Waals surface area contributed by atoms with Gasteiger partial charge >= 0.3 is 6.03 Å². The molecule has 2 amide bonds. The van der Waals surface area contributed by atoms with Crippen molar-refractivity contribution in [2.75, 3.05) is 25.5 Å². The quantitative estimate of drug-likeness (QED) is 0.859. The first-order valence-electron chi connectivity index (χ1n) is 9.91. The Morgan fingerprint density at radius 2 is 1.79 bits per heavy atom. The van der Waals surface area contributed by atoms with Crippen LogP contribution < -0.4 is 10.2 Å². The van der Waals surface area contributed by atoms with Crippen LogP contribution >= 0.6 is 0 Å². The maximum Gasteiger partial charge on any atom is 0.322 e. The zero-order valence-electron chi connectivity index (χ0n) is 16.8. The summed E-state index contributed by atoms with van der Waals surface area (Å²) < 4.78 is 14.5. The normalized spacial score (nSPS) is 26.6. The van der Waals surface area contributed by atoms with Gasteiger partial charge < -0.3 is 5.32 Å². The third-order valence-corrected chi connectivity index (χ3v) is 6.65. The zero-order valence-corrected chi connectivity index (χ0v) is 16.8. The molecule has 0 atom stereocenters. The van der Waals surface area contributed by atoms with Gasteiger partial charge in [-0.15, -0.1) is 0 Å². The summed E-state index contributed by atoms with van der Waals surface area (Å²) in [5.74, 6) is -0.543. The SMILES string of the molecule is CN(C)C1(c2ccccc2)CCC2(CC1)CN(c1ccc(C#N)cc1F)C(=O)N2. The van der Waals surface area contributed by atoms with Crippen molar-refractivity contribution in [3.8, 4) is 6.07 Å². The first-order chi connectivity index (χ1) is 13.9. The summed E-state index contributed by atoms with van der Waals surface area (Å²) in [6.07, 6.45) is 3.46. The summed E-state index contributed by atoms with van der Waals surface area (Å²) in [4.78, 5) is 16.4. The number of nitrogens with one attached hydrogen (secondary N) is 1. The van der Waals surface area contributed by atoms with Crippen LogP contribution in [0.1, 0.15) is 36.8 Å². The molecule has 1 N–H and O–H groups in total. The lowest BCUT2D eigenvalue weighted by molar-refractivity contribution is 0.0657. The second-order valence-corrected chi connectivity index (χ2v) is 8.37. The highest BCUT2D eigenvalue weighted by atomic mass is 19.1. The molecule has 1 spiro atoms. The number of hydrogen-bond donors (Lipinski definition) is 1. The van der Waals surface area contributed by atoms with Crippen molar-refractivity contribution in [2.24, 2.45) is 0 Å². The standard InChI is InChI=1S/C23H25FN4O/c1-27(2)23(18-6-4-3-5-7-18)12-10-22(11-13-23)16-28(21(29)26-22)20-9-8-17(15-25)14-19(20)24/h3-9,14H,10-13,16H2,1-2H3,(H,26,29). The Labute approximate surface area is 170 Å². The second kappa shape index (κ2) is 7.16. The number of nitriles is 1. The Hall–Kier alpha value is -2.91. The van der Waals surface area contributed by atoms with Crippen LogP contribution in [-0.2, 0) is 5.54 Å². The van der Waals surface area contributed by atoms with E-state index in [4.69, 9.17) is 5.26 Å². The maximum atomic E-state index is 14.5. The van der Waals surface area contributed by atoms with Crippen molar-refractivity contribution >= 4 is 11.7 Å². The van der Waals surface area contributed by atoms with E-state index < -0.39 is 5.82 Å². The molecule has 4 rings (SSSR count). The van der Waals surface area contributed by atoms with Crippen molar-refractivity contribution in [1.29, 1.82) is 5.26 Å². The lowest BCUT2D eigenvalue weighted by atomic mass is 9.69. The van der Waals surface area contributed by atoms with Crippen LogP contribution in [0.2, 0.25) is 0 Å². The van der Waals surface area contributed by atoms with Gasteiger partial charge in [-0.05, 0) is 63.5 Å². The number of urea groups is 1. The van der Waals surface area contributed by atoms with Crippen molar-refractivity contribution in [1.82, 2.24) is 10.2 Å². The second-order valence-electron chi connectivity index (χ2n) is 8.37. The first kappa shape index (κ1) is 19.4. The largest absolute Gasteiger partial charge is 0.330 e. The molecule has 1 aliphatic heterocycles. The van der Waals surface area contributed by atoms with Crippen LogP contribution in [0.15, 0.2) is 48.5 Å². The predicted octanol–water partition coefficient (Wildman–Crippen LogP) is 4.00. The lowest BCUT2D eigenvalue weighted by Gasteiger charge is -2.48. The molecule has 1 saturated heterocycles. The van der Waals surface area contributed by atoms with Crippen LogP contribution in [0.3, 0.4) is 0 Å². The molecule has 150 valence electrons. The minimum Gasteiger partial charge on any atom is -0.330 e. The molecule has 0 aromatic heterocycles. The van der Waals surface area contributed by atoms with Gasteiger partial charge in [-0.25, -0.2) is 9.18 Å².